The molecule has 0 unspecified atom stereocenters. The van der Waals surface area contributed by atoms with E-state index >= 15 is 0 Å². The average Bonchev–Trinajstić information content (AvgIpc) is 2.27. The third kappa shape index (κ3) is 2.57. The standard InChI is InChI=1S/C13H11Cl2FN2/c1-7-3-8(5-9(16)4-7)12-10(14)6-11(15)13(17-2)18-12/h3-6H,1-2H3,(H,17,18). The summed E-state index contributed by atoms with van der Waals surface area (Å²) >= 11 is 12.1. The fourth-order valence-electron chi connectivity index (χ4n) is 1.72. The number of rotatable bonds is 2. The molecule has 0 saturated carbocycles. The number of nitrogens with one attached hydrogen (secondary N) is 1. The van der Waals surface area contributed by atoms with Gasteiger partial charge in [-0.2, -0.15) is 0 Å². The summed E-state index contributed by atoms with van der Waals surface area (Å²) in [5.41, 5.74) is 1.95. The quantitative estimate of drug-likeness (QED) is 0.875. The Bertz CT molecular complexity index is 580. The zero-order valence-electron chi connectivity index (χ0n) is 9.89. The number of hydrogen-bond donors (Lipinski definition) is 1. The maximum Gasteiger partial charge on any atom is 0.145 e. The van der Waals surface area contributed by atoms with Crippen molar-refractivity contribution in [3.8, 4) is 11.3 Å². The summed E-state index contributed by atoms with van der Waals surface area (Å²) < 4.78 is 13.4. The van der Waals surface area contributed by atoms with Gasteiger partial charge in [-0.05, 0) is 36.8 Å². The Balaban J connectivity index is 2.62. The fraction of sp³-hybridized carbons (Fsp3) is 0.154. The molecule has 0 fully saturated rings. The van der Waals surface area contributed by atoms with Crippen LogP contribution in [0.3, 0.4) is 0 Å². The van der Waals surface area contributed by atoms with Gasteiger partial charge < -0.3 is 5.32 Å². The Morgan fingerprint density at radius 1 is 1.11 bits per heavy atom. The normalized spacial score (nSPS) is 10.5. The van der Waals surface area contributed by atoms with Gasteiger partial charge in [-0.15, -0.1) is 0 Å². The summed E-state index contributed by atoms with van der Waals surface area (Å²) in [7, 11) is 1.71. The van der Waals surface area contributed by atoms with Gasteiger partial charge in [0.15, 0.2) is 0 Å². The SMILES string of the molecule is CNc1nc(-c2cc(C)cc(F)c2)c(Cl)cc1Cl. The number of nitrogens with zero attached hydrogens (tertiary/aromatic N) is 1. The Kier molecular flexibility index (Phi) is 3.73. The van der Waals surface area contributed by atoms with E-state index in [4.69, 9.17) is 23.2 Å². The number of anilines is 1. The molecule has 0 aliphatic carbocycles. The van der Waals surface area contributed by atoms with Crippen LogP contribution >= 0.6 is 23.2 Å². The molecule has 94 valence electrons. The Labute approximate surface area is 115 Å². The number of benzene rings is 1. The van der Waals surface area contributed by atoms with Crippen LogP contribution in [0.25, 0.3) is 11.3 Å². The first-order valence-electron chi connectivity index (χ1n) is 5.32. The van der Waals surface area contributed by atoms with E-state index in [0.717, 1.165) is 5.56 Å². The summed E-state index contributed by atoms with van der Waals surface area (Å²) in [5, 5.41) is 3.69. The van der Waals surface area contributed by atoms with E-state index < -0.39 is 0 Å². The highest BCUT2D eigenvalue weighted by molar-refractivity contribution is 6.37. The van der Waals surface area contributed by atoms with Gasteiger partial charge in [-0.3, -0.25) is 0 Å². The molecule has 2 rings (SSSR count). The zero-order valence-corrected chi connectivity index (χ0v) is 11.4. The number of hydrogen-bond acceptors (Lipinski definition) is 2. The maximum absolute atomic E-state index is 13.4. The van der Waals surface area contributed by atoms with Gasteiger partial charge in [-0.1, -0.05) is 23.2 Å². The topological polar surface area (TPSA) is 24.9 Å². The van der Waals surface area contributed by atoms with Crippen LogP contribution in [0.4, 0.5) is 10.2 Å². The number of pyridine rings is 1. The summed E-state index contributed by atoms with van der Waals surface area (Å²) in [6.45, 7) is 1.81. The molecule has 0 atom stereocenters. The van der Waals surface area contributed by atoms with Crippen LogP contribution in [0, 0.1) is 12.7 Å². The van der Waals surface area contributed by atoms with Crippen LogP contribution in [-0.4, -0.2) is 12.0 Å². The lowest BCUT2D eigenvalue weighted by atomic mass is 10.1. The fourth-order valence-corrected chi connectivity index (χ4v) is 2.28. The largest absolute Gasteiger partial charge is 0.372 e. The summed E-state index contributed by atoms with van der Waals surface area (Å²) in [6.07, 6.45) is 0. The van der Waals surface area contributed by atoms with Gasteiger partial charge in [0.25, 0.3) is 0 Å². The average molecular weight is 285 g/mol. The van der Waals surface area contributed by atoms with E-state index in [2.05, 4.69) is 10.3 Å². The summed E-state index contributed by atoms with van der Waals surface area (Å²) in [4.78, 5) is 4.30. The van der Waals surface area contributed by atoms with Gasteiger partial charge in [0.1, 0.15) is 11.6 Å². The first kappa shape index (κ1) is 13.1. The van der Waals surface area contributed by atoms with Crippen molar-refractivity contribution < 1.29 is 4.39 Å². The van der Waals surface area contributed by atoms with E-state index in [1.165, 1.54) is 12.1 Å². The highest BCUT2D eigenvalue weighted by atomic mass is 35.5. The van der Waals surface area contributed by atoms with Crippen LogP contribution in [0.1, 0.15) is 5.56 Å². The molecule has 1 aromatic heterocycles. The monoisotopic (exact) mass is 284 g/mol. The molecule has 5 heteroatoms. The molecular formula is C13H11Cl2FN2. The van der Waals surface area contributed by atoms with Crippen molar-refractivity contribution in [1.29, 1.82) is 0 Å². The second-order valence-corrected chi connectivity index (χ2v) is 4.73. The number of aromatic nitrogens is 1. The predicted molar refractivity (Wildman–Crippen MR) is 73.9 cm³/mol. The first-order valence-corrected chi connectivity index (χ1v) is 6.08. The Morgan fingerprint density at radius 2 is 1.83 bits per heavy atom. The number of aryl methyl sites for hydroxylation is 1. The molecule has 1 N–H and O–H groups in total. The van der Waals surface area contributed by atoms with Crippen LogP contribution in [0.5, 0.6) is 0 Å². The van der Waals surface area contributed by atoms with Crippen molar-refractivity contribution in [2.75, 3.05) is 12.4 Å². The maximum atomic E-state index is 13.4. The van der Waals surface area contributed by atoms with E-state index in [-0.39, 0.29) is 5.82 Å². The van der Waals surface area contributed by atoms with Gasteiger partial charge in [0.2, 0.25) is 0 Å². The third-order valence-corrected chi connectivity index (χ3v) is 3.06. The molecule has 1 heterocycles. The number of halogens is 3. The van der Waals surface area contributed by atoms with Crippen LogP contribution < -0.4 is 5.32 Å². The molecule has 0 saturated heterocycles. The molecule has 2 nitrogen and oxygen atoms in total. The lowest BCUT2D eigenvalue weighted by Gasteiger charge is -2.09. The molecule has 0 spiro atoms. The first-order chi connectivity index (χ1) is 8.51. The highest BCUT2D eigenvalue weighted by Gasteiger charge is 2.11. The van der Waals surface area contributed by atoms with Gasteiger partial charge >= 0.3 is 0 Å². The minimum atomic E-state index is -0.316. The Hall–Kier alpha value is -1.32. The van der Waals surface area contributed by atoms with Crippen molar-refractivity contribution in [2.24, 2.45) is 0 Å². The minimum absolute atomic E-state index is 0.316. The molecule has 0 aliphatic heterocycles. The zero-order chi connectivity index (χ0) is 13.3. The van der Waals surface area contributed by atoms with Crippen LogP contribution in [0.2, 0.25) is 10.0 Å². The molecule has 18 heavy (non-hydrogen) atoms. The lowest BCUT2D eigenvalue weighted by molar-refractivity contribution is 0.627. The smallest absolute Gasteiger partial charge is 0.145 e. The summed E-state index contributed by atoms with van der Waals surface area (Å²) in [5.74, 6) is 0.196. The molecule has 0 amide bonds. The molecule has 1 aromatic carbocycles. The van der Waals surface area contributed by atoms with E-state index in [1.807, 2.05) is 13.0 Å². The van der Waals surface area contributed by atoms with Crippen molar-refractivity contribution in [3.05, 3.63) is 45.7 Å². The van der Waals surface area contributed by atoms with Crippen LogP contribution in [-0.2, 0) is 0 Å². The van der Waals surface area contributed by atoms with E-state index in [0.29, 0.717) is 27.1 Å². The molecule has 0 bridgehead atoms. The lowest BCUT2D eigenvalue weighted by Crippen LogP contribution is -1.96. The molecule has 0 aliphatic rings. The predicted octanol–water partition coefficient (Wildman–Crippen LogP) is 4.54. The van der Waals surface area contributed by atoms with Gasteiger partial charge in [0.05, 0.1) is 15.7 Å². The van der Waals surface area contributed by atoms with Crippen molar-refractivity contribution in [2.45, 2.75) is 6.92 Å². The highest BCUT2D eigenvalue weighted by Crippen LogP contribution is 2.32. The second kappa shape index (κ2) is 5.12. The van der Waals surface area contributed by atoms with Crippen molar-refractivity contribution in [3.63, 3.8) is 0 Å². The Morgan fingerprint density at radius 3 is 2.44 bits per heavy atom. The third-order valence-electron chi connectivity index (χ3n) is 2.48. The van der Waals surface area contributed by atoms with E-state index in [1.54, 1.807) is 13.1 Å². The summed E-state index contributed by atoms with van der Waals surface area (Å²) in [6, 6.07) is 6.27. The second-order valence-electron chi connectivity index (χ2n) is 3.92. The van der Waals surface area contributed by atoms with Crippen LogP contribution in [0.15, 0.2) is 24.3 Å². The van der Waals surface area contributed by atoms with Gasteiger partial charge in [0, 0.05) is 12.6 Å². The van der Waals surface area contributed by atoms with Gasteiger partial charge in [-0.25, -0.2) is 9.37 Å². The molecular weight excluding hydrogens is 274 g/mol. The van der Waals surface area contributed by atoms with Crippen molar-refractivity contribution >= 4 is 29.0 Å². The van der Waals surface area contributed by atoms with E-state index in [9.17, 15) is 4.39 Å². The minimum Gasteiger partial charge on any atom is -0.372 e. The molecule has 0 radical (unpaired) electrons. The molecule has 2 aromatic rings. The van der Waals surface area contributed by atoms with Crippen molar-refractivity contribution in [1.82, 2.24) is 4.98 Å².